The summed E-state index contributed by atoms with van der Waals surface area (Å²) in [4.78, 5) is 0. The average molecular weight is 347 g/mol. The number of benzene rings is 1. The van der Waals surface area contributed by atoms with Crippen LogP contribution in [0.4, 0.5) is 0 Å². The van der Waals surface area contributed by atoms with Gasteiger partial charge in [0.05, 0.1) is 6.10 Å². The first-order chi connectivity index (χ1) is 11.4. The highest BCUT2D eigenvalue weighted by Crippen LogP contribution is 2.31. The maximum atomic E-state index is 6.45. The second-order valence-corrected chi connectivity index (χ2v) is 12.4. The fourth-order valence-corrected chi connectivity index (χ4v) is 4.00. The Morgan fingerprint density at radius 1 is 0.917 bits per heavy atom. The Hall–Kier alpha value is -0.863. The second-order valence-electron chi connectivity index (χ2n) is 7.90. The van der Waals surface area contributed by atoms with E-state index in [9.17, 15) is 0 Å². The molecule has 1 nitrogen and oxygen atoms in total. The standard InChI is InChI=1S/C22H38OSi/c1-6-7-8-9-10-11-12-14-17-20(2)22(23-24(3,4)5)21-18-15-13-16-19-21/h13,15-16,18-19,22H,2,6-12,14,17H2,1,3-5H3. The third-order valence-corrected chi connectivity index (χ3v) is 5.24. The van der Waals surface area contributed by atoms with E-state index < -0.39 is 8.32 Å². The van der Waals surface area contributed by atoms with E-state index in [0.717, 1.165) is 6.42 Å². The first-order valence-corrected chi connectivity index (χ1v) is 13.3. The topological polar surface area (TPSA) is 9.23 Å². The second kappa shape index (κ2) is 11.6. The molecule has 0 aliphatic carbocycles. The van der Waals surface area contributed by atoms with Crippen molar-refractivity contribution in [1.82, 2.24) is 0 Å². The summed E-state index contributed by atoms with van der Waals surface area (Å²) in [5, 5.41) is 0. The van der Waals surface area contributed by atoms with Crippen LogP contribution in [-0.2, 0) is 4.43 Å². The van der Waals surface area contributed by atoms with Gasteiger partial charge >= 0.3 is 0 Å². The van der Waals surface area contributed by atoms with Gasteiger partial charge in [-0.25, -0.2) is 0 Å². The Balaban J connectivity index is 2.40. The predicted octanol–water partition coefficient (Wildman–Crippen LogP) is 7.67. The summed E-state index contributed by atoms with van der Waals surface area (Å²) in [7, 11) is -1.60. The van der Waals surface area contributed by atoms with Gasteiger partial charge in [-0.2, -0.15) is 0 Å². The highest BCUT2D eigenvalue weighted by atomic mass is 28.4. The van der Waals surface area contributed by atoms with Crippen LogP contribution < -0.4 is 0 Å². The smallest absolute Gasteiger partial charge is 0.185 e. The van der Waals surface area contributed by atoms with Gasteiger partial charge < -0.3 is 4.43 Å². The molecule has 0 aliphatic heterocycles. The van der Waals surface area contributed by atoms with Crippen molar-refractivity contribution in [2.24, 2.45) is 0 Å². The van der Waals surface area contributed by atoms with E-state index in [-0.39, 0.29) is 6.10 Å². The molecule has 0 saturated heterocycles. The van der Waals surface area contributed by atoms with E-state index in [1.165, 1.54) is 62.5 Å². The van der Waals surface area contributed by atoms with E-state index in [0.29, 0.717) is 0 Å². The lowest BCUT2D eigenvalue weighted by Gasteiger charge is -2.28. The molecular weight excluding hydrogens is 308 g/mol. The zero-order valence-electron chi connectivity index (χ0n) is 16.4. The van der Waals surface area contributed by atoms with Gasteiger partial charge in [0.2, 0.25) is 0 Å². The highest BCUT2D eigenvalue weighted by molar-refractivity contribution is 6.69. The van der Waals surface area contributed by atoms with E-state index in [1.807, 2.05) is 0 Å². The van der Waals surface area contributed by atoms with Crippen LogP contribution in [-0.4, -0.2) is 8.32 Å². The summed E-state index contributed by atoms with van der Waals surface area (Å²) in [6, 6.07) is 10.6. The molecule has 2 heteroatoms. The summed E-state index contributed by atoms with van der Waals surface area (Å²) >= 11 is 0. The van der Waals surface area contributed by atoms with Crippen molar-refractivity contribution in [2.45, 2.75) is 90.5 Å². The Morgan fingerprint density at radius 2 is 1.46 bits per heavy atom. The molecule has 0 amide bonds. The van der Waals surface area contributed by atoms with Crippen LogP contribution in [0.5, 0.6) is 0 Å². The monoisotopic (exact) mass is 346 g/mol. The number of unbranched alkanes of at least 4 members (excludes halogenated alkanes) is 7. The zero-order valence-corrected chi connectivity index (χ0v) is 17.4. The van der Waals surface area contributed by atoms with Crippen LogP contribution in [0.15, 0.2) is 42.5 Å². The normalized spacial score (nSPS) is 13.0. The molecule has 0 radical (unpaired) electrons. The SMILES string of the molecule is C=C(CCCCCCCCCC)C(O[Si](C)(C)C)c1ccccc1. The van der Waals surface area contributed by atoms with Crippen LogP contribution in [0, 0.1) is 0 Å². The Morgan fingerprint density at radius 3 is 2.00 bits per heavy atom. The third kappa shape index (κ3) is 9.44. The Labute approximate surface area is 151 Å². The van der Waals surface area contributed by atoms with Crippen LogP contribution in [0.1, 0.15) is 76.4 Å². The van der Waals surface area contributed by atoms with Crippen molar-refractivity contribution in [1.29, 1.82) is 0 Å². The van der Waals surface area contributed by atoms with Crippen LogP contribution in [0.3, 0.4) is 0 Å². The van der Waals surface area contributed by atoms with Crippen molar-refractivity contribution in [2.75, 3.05) is 0 Å². The summed E-state index contributed by atoms with van der Waals surface area (Å²) in [6.45, 7) is 13.4. The number of hydrogen-bond acceptors (Lipinski definition) is 1. The first kappa shape index (κ1) is 21.2. The predicted molar refractivity (Wildman–Crippen MR) is 110 cm³/mol. The highest BCUT2D eigenvalue weighted by Gasteiger charge is 2.24. The largest absolute Gasteiger partial charge is 0.407 e. The third-order valence-electron chi connectivity index (χ3n) is 4.30. The van der Waals surface area contributed by atoms with Gasteiger partial charge in [-0.05, 0) is 43.6 Å². The molecule has 0 aliphatic rings. The molecule has 0 N–H and O–H groups in total. The summed E-state index contributed by atoms with van der Waals surface area (Å²) in [6.07, 6.45) is 12.0. The minimum atomic E-state index is -1.60. The van der Waals surface area contributed by atoms with Gasteiger partial charge in [0, 0.05) is 0 Å². The van der Waals surface area contributed by atoms with Crippen molar-refractivity contribution < 1.29 is 4.43 Å². The van der Waals surface area contributed by atoms with E-state index in [4.69, 9.17) is 4.43 Å². The lowest BCUT2D eigenvalue weighted by molar-refractivity contribution is 0.230. The summed E-state index contributed by atoms with van der Waals surface area (Å²) < 4.78 is 6.45. The Kier molecular flexibility index (Phi) is 10.3. The van der Waals surface area contributed by atoms with Crippen molar-refractivity contribution in [3.8, 4) is 0 Å². The maximum absolute atomic E-state index is 6.45. The molecule has 1 aromatic carbocycles. The minimum Gasteiger partial charge on any atom is -0.407 e. The fourth-order valence-electron chi connectivity index (χ4n) is 2.99. The lowest BCUT2D eigenvalue weighted by Crippen LogP contribution is -2.28. The average Bonchev–Trinajstić information content (AvgIpc) is 2.55. The van der Waals surface area contributed by atoms with Crippen LogP contribution in [0.25, 0.3) is 0 Å². The fraction of sp³-hybridized carbons (Fsp3) is 0.636. The van der Waals surface area contributed by atoms with E-state index >= 15 is 0 Å². The van der Waals surface area contributed by atoms with E-state index in [1.54, 1.807) is 0 Å². The molecule has 1 aromatic rings. The van der Waals surface area contributed by atoms with E-state index in [2.05, 4.69) is 63.5 Å². The minimum absolute atomic E-state index is 0.0717. The molecule has 0 fully saturated rings. The maximum Gasteiger partial charge on any atom is 0.185 e. The zero-order chi connectivity index (χ0) is 17.8. The van der Waals surface area contributed by atoms with Gasteiger partial charge in [0.15, 0.2) is 8.32 Å². The first-order valence-electron chi connectivity index (χ1n) is 9.84. The van der Waals surface area contributed by atoms with Gasteiger partial charge in [-0.3, -0.25) is 0 Å². The van der Waals surface area contributed by atoms with Gasteiger partial charge in [0.25, 0.3) is 0 Å². The van der Waals surface area contributed by atoms with Crippen molar-refractivity contribution in [3.63, 3.8) is 0 Å². The van der Waals surface area contributed by atoms with Gasteiger partial charge in [-0.1, -0.05) is 88.8 Å². The molecule has 1 rings (SSSR count). The molecule has 0 spiro atoms. The number of hydrogen-bond donors (Lipinski definition) is 0. The Bertz CT molecular complexity index is 447. The molecule has 24 heavy (non-hydrogen) atoms. The van der Waals surface area contributed by atoms with Crippen molar-refractivity contribution in [3.05, 3.63) is 48.0 Å². The summed E-state index contributed by atoms with van der Waals surface area (Å²) in [5.41, 5.74) is 2.50. The molecule has 1 atom stereocenters. The molecule has 0 bridgehead atoms. The van der Waals surface area contributed by atoms with Gasteiger partial charge in [-0.15, -0.1) is 0 Å². The molecular formula is C22H38OSi. The van der Waals surface area contributed by atoms with Crippen LogP contribution >= 0.6 is 0 Å². The van der Waals surface area contributed by atoms with Gasteiger partial charge in [0.1, 0.15) is 0 Å². The molecule has 136 valence electrons. The van der Waals surface area contributed by atoms with Crippen molar-refractivity contribution >= 4 is 8.32 Å². The summed E-state index contributed by atoms with van der Waals surface area (Å²) in [5.74, 6) is 0. The molecule has 0 aromatic heterocycles. The lowest BCUT2D eigenvalue weighted by atomic mass is 9.97. The van der Waals surface area contributed by atoms with Crippen LogP contribution in [0.2, 0.25) is 19.6 Å². The molecule has 0 saturated carbocycles. The molecule has 1 unspecified atom stereocenters. The quantitative estimate of drug-likeness (QED) is 0.202. The number of rotatable bonds is 13. The molecule has 0 heterocycles.